The van der Waals surface area contributed by atoms with Crippen LogP contribution in [0.25, 0.3) is 0 Å². The van der Waals surface area contributed by atoms with E-state index in [-0.39, 0.29) is 18.0 Å². The van der Waals surface area contributed by atoms with Crippen LogP contribution in [0.15, 0.2) is 0 Å². The summed E-state index contributed by atoms with van der Waals surface area (Å²) < 4.78 is 10.5. The van der Waals surface area contributed by atoms with Crippen molar-refractivity contribution in [3.63, 3.8) is 0 Å². The minimum atomic E-state index is -0.0385. The van der Waals surface area contributed by atoms with E-state index in [4.69, 9.17) is 9.47 Å². The van der Waals surface area contributed by atoms with Gasteiger partial charge in [0.1, 0.15) is 6.10 Å². The number of ether oxygens (including phenoxy) is 2. The van der Waals surface area contributed by atoms with E-state index in [2.05, 4.69) is 13.8 Å². The van der Waals surface area contributed by atoms with Gasteiger partial charge in [-0.1, -0.05) is 13.8 Å². The summed E-state index contributed by atoms with van der Waals surface area (Å²) in [6, 6.07) is 0. The summed E-state index contributed by atoms with van der Waals surface area (Å²) in [5, 5.41) is 0. The van der Waals surface area contributed by atoms with Gasteiger partial charge in [0.05, 0.1) is 12.5 Å². The van der Waals surface area contributed by atoms with Crippen molar-refractivity contribution in [2.45, 2.75) is 39.7 Å². The average Bonchev–Trinajstić information content (AvgIpc) is 2.43. The molecule has 0 aromatic carbocycles. The first-order valence-electron chi connectivity index (χ1n) is 5.41. The molecule has 0 bridgehead atoms. The fourth-order valence-corrected chi connectivity index (χ4v) is 1.84. The molecule has 1 fully saturated rings. The molecule has 3 nitrogen and oxygen atoms in total. The lowest BCUT2D eigenvalue weighted by Crippen LogP contribution is -2.14. The second-order valence-corrected chi connectivity index (χ2v) is 4.28. The molecule has 82 valence electrons. The molecule has 0 aliphatic carbocycles. The van der Waals surface area contributed by atoms with E-state index in [0.29, 0.717) is 19.1 Å². The number of hydrogen-bond donors (Lipinski definition) is 0. The third-order valence-corrected chi connectivity index (χ3v) is 2.43. The Morgan fingerprint density at radius 3 is 2.86 bits per heavy atom. The van der Waals surface area contributed by atoms with Gasteiger partial charge in [-0.05, 0) is 25.7 Å². The second kappa shape index (κ2) is 5.35. The molecular formula is C11H20O3. The van der Waals surface area contributed by atoms with Crippen LogP contribution in [-0.4, -0.2) is 25.3 Å². The Balaban J connectivity index is 2.32. The van der Waals surface area contributed by atoms with Gasteiger partial charge in [0.25, 0.3) is 0 Å². The SMILES string of the molecule is CCOCC1CC(CC(C)C)C(=O)O1. The minimum Gasteiger partial charge on any atom is -0.460 e. The molecule has 14 heavy (non-hydrogen) atoms. The molecule has 1 heterocycles. The van der Waals surface area contributed by atoms with Gasteiger partial charge in [0.15, 0.2) is 0 Å². The summed E-state index contributed by atoms with van der Waals surface area (Å²) >= 11 is 0. The third-order valence-electron chi connectivity index (χ3n) is 2.43. The third kappa shape index (κ3) is 3.29. The molecule has 0 N–H and O–H groups in total. The smallest absolute Gasteiger partial charge is 0.309 e. The van der Waals surface area contributed by atoms with Crippen molar-refractivity contribution in [3.8, 4) is 0 Å². The van der Waals surface area contributed by atoms with Crippen LogP contribution in [-0.2, 0) is 14.3 Å². The summed E-state index contributed by atoms with van der Waals surface area (Å²) in [6.45, 7) is 7.44. The number of carbonyl (C=O) groups is 1. The summed E-state index contributed by atoms with van der Waals surface area (Å²) in [7, 11) is 0. The van der Waals surface area contributed by atoms with Crippen molar-refractivity contribution in [3.05, 3.63) is 0 Å². The Kier molecular flexibility index (Phi) is 4.39. The van der Waals surface area contributed by atoms with Gasteiger partial charge in [0.2, 0.25) is 0 Å². The van der Waals surface area contributed by atoms with Crippen molar-refractivity contribution in [2.24, 2.45) is 11.8 Å². The molecule has 0 aromatic rings. The topological polar surface area (TPSA) is 35.5 Å². The first kappa shape index (κ1) is 11.5. The molecule has 1 aliphatic heterocycles. The summed E-state index contributed by atoms with van der Waals surface area (Å²) in [6.07, 6.45) is 1.75. The highest BCUT2D eigenvalue weighted by atomic mass is 16.6. The molecule has 0 aromatic heterocycles. The van der Waals surface area contributed by atoms with Crippen LogP contribution in [0.3, 0.4) is 0 Å². The maximum atomic E-state index is 11.4. The molecule has 1 rings (SSSR count). The van der Waals surface area contributed by atoms with Crippen LogP contribution in [0, 0.1) is 11.8 Å². The summed E-state index contributed by atoms with van der Waals surface area (Å²) in [4.78, 5) is 11.4. The van der Waals surface area contributed by atoms with E-state index in [1.54, 1.807) is 0 Å². The number of rotatable bonds is 5. The molecule has 2 atom stereocenters. The van der Waals surface area contributed by atoms with E-state index in [0.717, 1.165) is 12.8 Å². The van der Waals surface area contributed by atoms with Crippen LogP contribution >= 0.6 is 0 Å². The molecule has 0 amide bonds. The van der Waals surface area contributed by atoms with Gasteiger partial charge in [-0.2, -0.15) is 0 Å². The Bertz CT molecular complexity index is 189. The molecule has 0 saturated carbocycles. The highest BCUT2D eigenvalue weighted by Crippen LogP contribution is 2.27. The highest BCUT2D eigenvalue weighted by molar-refractivity contribution is 5.74. The zero-order valence-corrected chi connectivity index (χ0v) is 9.29. The minimum absolute atomic E-state index is 0.00815. The van der Waals surface area contributed by atoms with Gasteiger partial charge in [-0.3, -0.25) is 4.79 Å². The lowest BCUT2D eigenvalue weighted by Gasteiger charge is -2.08. The van der Waals surface area contributed by atoms with Crippen LogP contribution < -0.4 is 0 Å². The molecule has 0 radical (unpaired) electrons. The maximum Gasteiger partial charge on any atom is 0.309 e. The molecule has 1 saturated heterocycles. The van der Waals surface area contributed by atoms with E-state index in [1.807, 2.05) is 6.92 Å². The van der Waals surface area contributed by atoms with Crippen molar-refractivity contribution in [2.75, 3.05) is 13.2 Å². The zero-order valence-electron chi connectivity index (χ0n) is 9.29. The predicted octanol–water partition coefficient (Wildman–Crippen LogP) is 2.00. The summed E-state index contributed by atoms with van der Waals surface area (Å²) in [5.41, 5.74) is 0. The van der Waals surface area contributed by atoms with Crippen LogP contribution in [0.4, 0.5) is 0 Å². The van der Waals surface area contributed by atoms with Gasteiger partial charge in [-0.25, -0.2) is 0 Å². The quantitative estimate of drug-likeness (QED) is 0.637. The number of cyclic esters (lactones) is 1. The largest absolute Gasteiger partial charge is 0.460 e. The molecule has 2 unspecified atom stereocenters. The molecule has 0 spiro atoms. The first-order chi connectivity index (χ1) is 6.63. The fourth-order valence-electron chi connectivity index (χ4n) is 1.84. The van der Waals surface area contributed by atoms with Gasteiger partial charge in [-0.15, -0.1) is 0 Å². The molecule has 3 heteroatoms. The van der Waals surface area contributed by atoms with Crippen LogP contribution in [0.5, 0.6) is 0 Å². The lowest BCUT2D eigenvalue weighted by atomic mass is 9.94. The number of esters is 1. The second-order valence-electron chi connectivity index (χ2n) is 4.28. The van der Waals surface area contributed by atoms with Gasteiger partial charge < -0.3 is 9.47 Å². The van der Waals surface area contributed by atoms with E-state index in [1.165, 1.54) is 0 Å². The van der Waals surface area contributed by atoms with Crippen molar-refractivity contribution in [1.29, 1.82) is 0 Å². The number of hydrogen-bond acceptors (Lipinski definition) is 3. The van der Waals surface area contributed by atoms with E-state index in [9.17, 15) is 4.79 Å². The van der Waals surface area contributed by atoms with Crippen molar-refractivity contribution < 1.29 is 14.3 Å². The fraction of sp³-hybridized carbons (Fsp3) is 0.909. The predicted molar refractivity (Wildman–Crippen MR) is 53.9 cm³/mol. The normalized spacial score (nSPS) is 27.0. The Morgan fingerprint density at radius 1 is 1.57 bits per heavy atom. The van der Waals surface area contributed by atoms with Crippen molar-refractivity contribution >= 4 is 5.97 Å². The lowest BCUT2D eigenvalue weighted by molar-refractivity contribution is -0.146. The Hall–Kier alpha value is -0.570. The van der Waals surface area contributed by atoms with E-state index < -0.39 is 0 Å². The molecular weight excluding hydrogens is 180 g/mol. The van der Waals surface area contributed by atoms with Crippen LogP contribution in [0.1, 0.15) is 33.6 Å². The maximum absolute atomic E-state index is 11.4. The highest BCUT2D eigenvalue weighted by Gasteiger charge is 2.34. The van der Waals surface area contributed by atoms with Gasteiger partial charge >= 0.3 is 5.97 Å². The standard InChI is InChI=1S/C11H20O3/c1-4-13-7-10-6-9(5-8(2)3)11(12)14-10/h8-10H,4-7H2,1-3H3. The van der Waals surface area contributed by atoms with Gasteiger partial charge in [0, 0.05) is 6.61 Å². The Labute approximate surface area is 85.8 Å². The average molecular weight is 200 g/mol. The first-order valence-corrected chi connectivity index (χ1v) is 5.41. The zero-order chi connectivity index (χ0) is 10.6. The number of carbonyl (C=O) groups excluding carboxylic acids is 1. The Morgan fingerprint density at radius 2 is 2.29 bits per heavy atom. The van der Waals surface area contributed by atoms with E-state index >= 15 is 0 Å². The molecule has 1 aliphatic rings. The summed E-state index contributed by atoms with van der Waals surface area (Å²) in [5.74, 6) is 0.613. The van der Waals surface area contributed by atoms with Crippen molar-refractivity contribution in [1.82, 2.24) is 0 Å². The monoisotopic (exact) mass is 200 g/mol. The van der Waals surface area contributed by atoms with Crippen LogP contribution in [0.2, 0.25) is 0 Å².